The van der Waals surface area contributed by atoms with Gasteiger partial charge in [0, 0.05) is 6.42 Å². The monoisotopic (exact) mass is 289 g/mol. The highest BCUT2D eigenvalue weighted by atomic mass is 32.1. The second kappa shape index (κ2) is 6.63. The molecule has 0 aliphatic carbocycles. The van der Waals surface area contributed by atoms with Crippen molar-refractivity contribution in [2.24, 2.45) is 5.84 Å². The van der Waals surface area contributed by atoms with Gasteiger partial charge in [0.25, 0.3) is 5.91 Å². The lowest BCUT2D eigenvalue weighted by Crippen LogP contribution is -2.30. The van der Waals surface area contributed by atoms with E-state index in [9.17, 15) is 4.79 Å². The molecule has 5 heteroatoms. The normalized spacial score (nSPS) is 10.8. The molecule has 1 aromatic carbocycles. The van der Waals surface area contributed by atoms with Crippen LogP contribution in [0.3, 0.4) is 0 Å². The van der Waals surface area contributed by atoms with Gasteiger partial charge in [-0.1, -0.05) is 44.2 Å². The van der Waals surface area contributed by atoms with Crippen molar-refractivity contribution in [1.29, 1.82) is 0 Å². The van der Waals surface area contributed by atoms with Crippen molar-refractivity contribution in [3.63, 3.8) is 0 Å². The van der Waals surface area contributed by atoms with Gasteiger partial charge in [-0.3, -0.25) is 10.2 Å². The van der Waals surface area contributed by atoms with Gasteiger partial charge in [0.2, 0.25) is 0 Å². The zero-order chi connectivity index (χ0) is 14.5. The standard InChI is InChI=1S/C15H19N3OS/c1-10(2)13-14(15(19)18-16)20-12(17-13)9-8-11-6-4-3-5-7-11/h3-7,10H,8-9,16H2,1-2H3,(H,18,19). The number of rotatable bonds is 5. The number of amides is 1. The Bertz CT molecular complexity index is 578. The van der Waals surface area contributed by atoms with Crippen molar-refractivity contribution in [2.75, 3.05) is 0 Å². The number of thiazole rings is 1. The predicted molar refractivity (Wildman–Crippen MR) is 81.7 cm³/mol. The lowest BCUT2D eigenvalue weighted by molar-refractivity contribution is 0.0956. The number of hydrazine groups is 1. The van der Waals surface area contributed by atoms with Crippen molar-refractivity contribution in [2.45, 2.75) is 32.6 Å². The van der Waals surface area contributed by atoms with E-state index in [1.54, 1.807) is 0 Å². The maximum atomic E-state index is 11.8. The van der Waals surface area contributed by atoms with Gasteiger partial charge < -0.3 is 0 Å². The largest absolute Gasteiger partial charge is 0.289 e. The van der Waals surface area contributed by atoms with E-state index in [2.05, 4.69) is 22.5 Å². The topological polar surface area (TPSA) is 68.0 Å². The molecule has 0 fully saturated rings. The number of carbonyl (C=O) groups excluding carboxylic acids is 1. The Balaban J connectivity index is 2.15. The molecule has 20 heavy (non-hydrogen) atoms. The van der Waals surface area contributed by atoms with Crippen LogP contribution in [0.15, 0.2) is 30.3 Å². The molecule has 3 N–H and O–H groups in total. The first-order valence-corrected chi connectivity index (χ1v) is 7.48. The van der Waals surface area contributed by atoms with E-state index in [0.717, 1.165) is 23.5 Å². The Morgan fingerprint density at radius 3 is 2.60 bits per heavy atom. The number of hydrogen-bond donors (Lipinski definition) is 2. The Kier molecular flexibility index (Phi) is 4.87. The van der Waals surface area contributed by atoms with Crippen LogP contribution >= 0.6 is 11.3 Å². The first-order chi connectivity index (χ1) is 9.61. The summed E-state index contributed by atoms with van der Waals surface area (Å²) in [5.74, 6) is 5.19. The minimum Gasteiger partial charge on any atom is -0.289 e. The van der Waals surface area contributed by atoms with E-state index in [0.29, 0.717) is 4.88 Å². The van der Waals surface area contributed by atoms with Gasteiger partial charge in [0.1, 0.15) is 4.88 Å². The molecule has 0 bridgehead atoms. The number of nitrogens with two attached hydrogens (primary N) is 1. The minimum atomic E-state index is -0.253. The number of nitrogens with one attached hydrogen (secondary N) is 1. The number of nitrogens with zero attached hydrogens (tertiary/aromatic N) is 1. The highest BCUT2D eigenvalue weighted by Gasteiger charge is 2.19. The third-order valence-corrected chi connectivity index (χ3v) is 4.18. The smallest absolute Gasteiger partial charge is 0.277 e. The molecular weight excluding hydrogens is 270 g/mol. The zero-order valence-corrected chi connectivity index (χ0v) is 12.5. The van der Waals surface area contributed by atoms with E-state index >= 15 is 0 Å². The molecule has 0 aliphatic heterocycles. The first-order valence-electron chi connectivity index (χ1n) is 6.66. The predicted octanol–water partition coefficient (Wildman–Crippen LogP) is 2.66. The molecule has 0 atom stereocenters. The number of aryl methyl sites for hydroxylation is 2. The molecule has 1 heterocycles. The molecular formula is C15H19N3OS. The first kappa shape index (κ1) is 14.7. The maximum absolute atomic E-state index is 11.8. The van der Waals surface area contributed by atoms with Gasteiger partial charge in [0.15, 0.2) is 0 Å². The van der Waals surface area contributed by atoms with Crippen molar-refractivity contribution >= 4 is 17.2 Å². The molecule has 0 aliphatic rings. The van der Waals surface area contributed by atoms with Gasteiger partial charge in [-0.05, 0) is 17.9 Å². The molecule has 0 radical (unpaired) electrons. The van der Waals surface area contributed by atoms with Crippen LogP contribution in [-0.2, 0) is 12.8 Å². The van der Waals surface area contributed by atoms with Crippen LogP contribution in [0.1, 0.15) is 45.7 Å². The fourth-order valence-corrected chi connectivity index (χ4v) is 3.12. The molecule has 0 saturated heterocycles. The number of nitrogen functional groups attached to an aromatic ring is 1. The number of benzene rings is 1. The van der Waals surface area contributed by atoms with Crippen molar-refractivity contribution in [3.8, 4) is 0 Å². The minimum absolute atomic E-state index is 0.212. The van der Waals surface area contributed by atoms with E-state index in [1.807, 2.05) is 32.0 Å². The van der Waals surface area contributed by atoms with Crippen molar-refractivity contribution < 1.29 is 4.79 Å². The number of carbonyl (C=O) groups is 1. The Morgan fingerprint density at radius 1 is 1.30 bits per heavy atom. The number of aromatic nitrogens is 1. The zero-order valence-electron chi connectivity index (χ0n) is 11.7. The van der Waals surface area contributed by atoms with Gasteiger partial charge in [-0.25, -0.2) is 10.8 Å². The molecule has 4 nitrogen and oxygen atoms in total. The lowest BCUT2D eigenvalue weighted by Gasteiger charge is -2.02. The number of hydrogen-bond acceptors (Lipinski definition) is 4. The summed E-state index contributed by atoms with van der Waals surface area (Å²) in [5.41, 5.74) is 4.31. The van der Waals surface area contributed by atoms with Crippen LogP contribution in [0.2, 0.25) is 0 Å². The average molecular weight is 289 g/mol. The van der Waals surface area contributed by atoms with Gasteiger partial charge in [-0.2, -0.15) is 0 Å². The van der Waals surface area contributed by atoms with E-state index in [4.69, 9.17) is 5.84 Å². The SMILES string of the molecule is CC(C)c1nc(CCc2ccccc2)sc1C(=O)NN. The maximum Gasteiger partial charge on any atom is 0.277 e. The molecule has 1 aromatic heterocycles. The second-order valence-corrected chi connectivity index (χ2v) is 6.02. The van der Waals surface area contributed by atoms with Crippen LogP contribution < -0.4 is 11.3 Å². The summed E-state index contributed by atoms with van der Waals surface area (Å²) in [6, 6.07) is 10.3. The molecule has 2 aromatic rings. The molecule has 0 saturated carbocycles. The Labute approximate surface area is 123 Å². The summed E-state index contributed by atoms with van der Waals surface area (Å²) in [4.78, 5) is 17.0. The molecule has 2 rings (SSSR count). The summed E-state index contributed by atoms with van der Waals surface area (Å²) in [6.45, 7) is 4.06. The summed E-state index contributed by atoms with van der Waals surface area (Å²) in [6.07, 6.45) is 1.77. The molecule has 106 valence electrons. The summed E-state index contributed by atoms with van der Waals surface area (Å²) in [7, 11) is 0. The van der Waals surface area contributed by atoms with E-state index in [1.165, 1.54) is 16.9 Å². The lowest BCUT2D eigenvalue weighted by atomic mass is 10.1. The summed E-state index contributed by atoms with van der Waals surface area (Å²) < 4.78 is 0. The third-order valence-electron chi connectivity index (χ3n) is 3.05. The highest BCUT2D eigenvalue weighted by molar-refractivity contribution is 7.13. The van der Waals surface area contributed by atoms with Crippen LogP contribution in [0.4, 0.5) is 0 Å². The highest BCUT2D eigenvalue weighted by Crippen LogP contribution is 2.26. The van der Waals surface area contributed by atoms with Crippen LogP contribution in [0, 0.1) is 0 Å². The van der Waals surface area contributed by atoms with Crippen molar-refractivity contribution in [3.05, 3.63) is 51.5 Å². The fourth-order valence-electron chi connectivity index (χ4n) is 2.00. The van der Waals surface area contributed by atoms with Crippen LogP contribution in [0.5, 0.6) is 0 Å². The van der Waals surface area contributed by atoms with E-state index < -0.39 is 0 Å². The quantitative estimate of drug-likeness (QED) is 0.505. The van der Waals surface area contributed by atoms with E-state index in [-0.39, 0.29) is 11.8 Å². The molecule has 0 spiro atoms. The Hall–Kier alpha value is -1.72. The van der Waals surface area contributed by atoms with Crippen LogP contribution in [0.25, 0.3) is 0 Å². The van der Waals surface area contributed by atoms with Gasteiger partial charge in [-0.15, -0.1) is 11.3 Å². The second-order valence-electron chi connectivity index (χ2n) is 4.94. The fraction of sp³-hybridized carbons (Fsp3) is 0.333. The van der Waals surface area contributed by atoms with Gasteiger partial charge >= 0.3 is 0 Å². The molecule has 0 unspecified atom stereocenters. The van der Waals surface area contributed by atoms with Crippen LogP contribution in [-0.4, -0.2) is 10.9 Å². The van der Waals surface area contributed by atoms with Gasteiger partial charge in [0.05, 0.1) is 10.7 Å². The molecule has 1 amide bonds. The van der Waals surface area contributed by atoms with Crippen molar-refractivity contribution in [1.82, 2.24) is 10.4 Å². The third kappa shape index (κ3) is 3.43. The Morgan fingerprint density at radius 2 is 2.00 bits per heavy atom. The average Bonchev–Trinajstić information content (AvgIpc) is 2.90. The summed E-state index contributed by atoms with van der Waals surface area (Å²) in [5, 5.41) is 0.983. The summed E-state index contributed by atoms with van der Waals surface area (Å²) >= 11 is 1.44.